The first-order valence-corrected chi connectivity index (χ1v) is 15.7. The number of aliphatic hydroxyl groups excluding tert-OH is 1. The van der Waals surface area contributed by atoms with Gasteiger partial charge in [0, 0.05) is 23.7 Å². The molecule has 0 saturated carbocycles. The van der Waals surface area contributed by atoms with Crippen LogP contribution in [-0.2, 0) is 26.1 Å². The smallest absolute Gasteiger partial charge is 0.261 e. The number of carbonyl (C=O) groups is 1. The Hall–Kier alpha value is -4.45. The Bertz CT molecular complexity index is 1720. The highest BCUT2D eigenvalue weighted by Gasteiger charge is 2.46. The van der Waals surface area contributed by atoms with Crippen LogP contribution < -0.4 is 19.5 Å². The zero-order valence-corrected chi connectivity index (χ0v) is 24.4. The minimum Gasteiger partial charge on any atom is -0.487 e. The van der Waals surface area contributed by atoms with E-state index in [-0.39, 0.29) is 29.7 Å². The highest BCUT2D eigenvalue weighted by atomic mass is 32.2. The molecule has 1 saturated heterocycles. The van der Waals surface area contributed by atoms with Crippen LogP contribution in [0.25, 0.3) is 0 Å². The normalized spacial score (nSPS) is 20.6. The number of hydrogen-bond donors (Lipinski definition) is 3. The minimum atomic E-state index is -3.95. The lowest BCUT2D eigenvalue weighted by molar-refractivity contribution is -0.142. The van der Waals surface area contributed by atoms with Gasteiger partial charge in [-0.2, -0.15) is 0 Å². The van der Waals surface area contributed by atoms with E-state index in [1.165, 1.54) is 12.1 Å². The van der Waals surface area contributed by atoms with Gasteiger partial charge in [0.05, 0.1) is 24.0 Å². The van der Waals surface area contributed by atoms with Crippen LogP contribution in [0.4, 0.5) is 10.1 Å². The van der Waals surface area contributed by atoms with E-state index in [0.29, 0.717) is 30.2 Å². The molecule has 0 unspecified atom stereocenters. The molecule has 0 aromatic heterocycles. The Balaban J connectivity index is 1.08. The number of para-hydroxylation sites is 1. The van der Waals surface area contributed by atoms with E-state index in [0.717, 1.165) is 29.0 Å². The summed E-state index contributed by atoms with van der Waals surface area (Å²) in [4.78, 5) is 12.8. The van der Waals surface area contributed by atoms with E-state index < -0.39 is 34.2 Å². The molecule has 228 valence electrons. The standard InChI is InChI=1S/C33H31FN2O7S/c34-22-8-13-27(14-9-22)44(39,40)36-23-10-15-30-28(16-23)29-17-26(42-31(20-37)33(29)43-30)18-32(38)35-19-21-6-11-25(12-7-21)41-24-4-2-1-3-5-24/h1-16,26,29,31,33,36-37H,17-20H2,(H,35,38)/t26-,29-,31-,33+/m1/s1. The average molecular weight is 619 g/mol. The number of aliphatic hydroxyl groups is 1. The zero-order chi connectivity index (χ0) is 30.7. The third-order valence-corrected chi connectivity index (χ3v) is 9.08. The summed E-state index contributed by atoms with van der Waals surface area (Å²) in [7, 11) is -3.95. The van der Waals surface area contributed by atoms with Gasteiger partial charge in [0.2, 0.25) is 5.91 Å². The van der Waals surface area contributed by atoms with Crippen LogP contribution in [0.5, 0.6) is 17.2 Å². The van der Waals surface area contributed by atoms with Crippen LogP contribution in [0, 0.1) is 5.82 Å². The summed E-state index contributed by atoms with van der Waals surface area (Å²) in [5.74, 6) is 1.04. The molecule has 2 heterocycles. The maximum Gasteiger partial charge on any atom is 0.261 e. The van der Waals surface area contributed by atoms with Crippen molar-refractivity contribution in [2.75, 3.05) is 11.3 Å². The Labute approximate surface area is 254 Å². The lowest BCUT2D eigenvalue weighted by Crippen LogP contribution is -2.47. The first kappa shape index (κ1) is 29.6. The minimum absolute atomic E-state index is 0.0672. The second kappa shape index (κ2) is 12.7. The van der Waals surface area contributed by atoms with Gasteiger partial charge in [-0.3, -0.25) is 9.52 Å². The van der Waals surface area contributed by atoms with Gasteiger partial charge in [0.1, 0.15) is 35.3 Å². The molecule has 3 N–H and O–H groups in total. The Morgan fingerprint density at radius 2 is 1.68 bits per heavy atom. The van der Waals surface area contributed by atoms with Gasteiger partial charge in [-0.15, -0.1) is 0 Å². The summed E-state index contributed by atoms with van der Waals surface area (Å²) >= 11 is 0. The fourth-order valence-electron chi connectivity index (χ4n) is 5.56. The summed E-state index contributed by atoms with van der Waals surface area (Å²) in [6.45, 7) is 0.0326. The number of carbonyl (C=O) groups excluding carboxylic acids is 1. The molecule has 9 nitrogen and oxygen atoms in total. The third kappa shape index (κ3) is 6.70. The van der Waals surface area contributed by atoms with Crippen molar-refractivity contribution in [2.45, 2.75) is 48.5 Å². The molecule has 1 amide bonds. The molecule has 4 atom stereocenters. The van der Waals surface area contributed by atoms with E-state index in [1.807, 2.05) is 54.6 Å². The number of ether oxygens (including phenoxy) is 3. The summed E-state index contributed by atoms with van der Waals surface area (Å²) < 4.78 is 59.5. The van der Waals surface area contributed by atoms with Crippen molar-refractivity contribution in [2.24, 2.45) is 0 Å². The van der Waals surface area contributed by atoms with E-state index in [2.05, 4.69) is 10.0 Å². The molecule has 2 aliphatic heterocycles. The molecule has 4 aromatic rings. The van der Waals surface area contributed by atoms with E-state index in [4.69, 9.17) is 14.2 Å². The van der Waals surface area contributed by atoms with Crippen molar-refractivity contribution in [3.63, 3.8) is 0 Å². The van der Waals surface area contributed by atoms with Gasteiger partial charge in [-0.1, -0.05) is 30.3 Å². The Morgan fingerprint density at radius 3 is 2.41 bits per heavy atom. The molecule has 0 spiro atoms. The van der Waals surface area contributed by atoms with Gasteiger partial charge >= 0.3 is 0 Å². The largest absolute Gasteiger partial charge is 0.487 e. The second-order valence-electron chi connectivity index (χ2n) is 10.8. The number of benzene rings is 4. The molecule has 0 aliphatic carbocycles. The lowest BCUT2D eigenvalue weighted by atomic mass is 9.84. The molecular formula is C33H31FN2O7S. The molecule has 4 aromatic carbocycles. The number of nitrogens with one attached hydrogen (secondary N) is 2. The molecule has 0 bridgehead atoms. The van der Waals surface area contributed by atoms with E-state index in [9.17, 15) is 22.7 Å². The number of fused-ring (bicyclic) bond motifs is 3. The number of anilines is 1. The summed E-state index contributed by atoms with van der Waals surface area (Å²) in [5.41, 5.74) is 1.99. The maximum atomic E-state index is 13.3. The number of rotatable bonds is 10. The van der Waals surface area contributed by atoms with Crippen LogP contribution in [0.1, 0.15) is 29.9 Å². The van der Waals surface area contributed by atoms with E-state index in [1.54, 1.807) is 18.2 Å². The predicted molar refractivity (Wildman–Crippen MR) is 161 cm³/mol. The Morgan fingerprint density at radius 1 is 0.955 bits per heavy atom. The third-order valence-electron chi connectivity index (χ3n) is 7.68. The molecular weight excluding hydrogens is 587 g/mol. The SMILES string of the molecule is O=C(C[C@H]1C[C@@H]2c3cc(NS(=O)(=O)c4ccc(F)cc4)ccc3O[C@@H]2[C@@H](CO)O1)NCc1ccc(Oc2ccccc2)cc1. The van der Waals surface area contributed by atoms with E-state index >= 15 is 0 Å². The van der Waals surface area contributed by atoms with Crippen LogP contribution >= 0.6 is 0 Å². The topological polar surface area (TPSA) is 123 Å². The predicted octanol–water partition coefficient (Wildman–Crippen LogP) is 5.12. The van der Waals surface area contributed by atoms with Crippen molar-refractivity contribution in [1.82, 2.24) is 5.32 Å². The molecule has 1 fully saturated rings. The molecule has 2 aliphatic rings. The van der Waals surface area contributed by atoms with Crippen molar-refractivity contribution >= 4 is 21.6 Å². The van der Waals surface area contributed by atoms with Crippen molar-refractivity contribution in [3.05, 3.63) is 114 Å². The van der Waals surface area contributed by atoms with Crippen LogP contribution in [0.2, 0.25) is 0 Å². The molecule has 44 heavy (non-hydrogen) atoms. The number of sulfonamides is 1. The maximum absolute atomic E-state index is 13.3. The van der Waals surface area contributed by atoms with Crippen LogP contribution in [-0.4, -0.2) is 44.4 Å². The Kier molecular flexibility index (Phi) is 8.51. The van der Waals surface area contributed by atoms with Crippen molar-refractivity contribution in [1.29, 1.82) is 0 Å². The molecule has 0 radical (unpaired) electrons. The van der Waals surface area contributed by atoms with Gasteiger partial charge < -0.3 is 24.6 Å². The highest BCUT2D eigenvalue weighted by Crippen LogP contribution is 2.47. The van der Waals surface area contributed by atoms with Gasteiger partial charge in [-0.25, -0.2) is 12.8 Å². The number of hydrogen-bond acceptors (Lipinski definition) is 7. The first-order chi connectivity index (χ1) is 21.3. The monoisotopic (exact) mass is 618 g/mol. The quantitative estimate of drug-likeness (QED) is 0.226. The van der Waals surface area contributed by atoms with Crippen molar-refractivity contribution < 1.29 is 36.9 Å². The molecule has 11 heteroatoms. The van der Waals surface area contributed by atoms with Gasteiger partial charge in [-0.05, 0) is 78.7 Å². The fourth-order valence-corrected chi connectivity index (χ4v) is 6.61. The van der Waals surface area contributed by atoms with Gasteiger partial charge in [0.15, 0.2) is 0 Å². The summed E-state index contributed by atoms with van der Waals surface area (Å²) in [5, 5.41) is 13.0. The zero-order valence-electron chi connectivity index (χ0n) is 23.6. The molecule has 6 rings (SSSR count). The van der Waals surface area contributed by atoms with Crippen LogP contribution in [0.3, 0.4) is 0 Å². The first-order valence-electron chi connectivity index (χ1n) is 14.2. The number of amides is 1. The summed E-state index contributed by atoms with van der Waals surface area (Å²) in [6, 6.07) is 26.4. The average Bonchev–Trinajstić information content (AvgIpc) is 3.39. The number of halogens is 1. The van der Waals surface area contributed by atoms with Crippen molar-refractivity contribution in [3.8, 4) is 17.2 Å². The lowest BCUT2D eigenvalue weighted by Gasteiger charge is -2.37. The highest BCUT2D eigenvalue weighted by molar-refractivity contribution is 7.92. The summed E-state index contributed by atoms with van der Waals surface area (Å²) in [6.07, 6.45) is -1.09. The second-order valence-corrected chi connectivity index (χ2v) is 12.4. The van der Waals surface area contributed by atoms with Crippen LogP contribution in [0.15, 0.2) is 102 Å². The van der Waals surface area contributed by atoms with Gasteiger partial charge in [0.25, 0.3) is 10.0 Å². The fraction of sp³-hybridized carbons (Fsp3) is 0.242.